The van der Waals surface area contributed by atoms with Gasteiger partial charge in [0.25, 0.3) is 0 Å². The molecule has 0 saturated carbocycles. The largest absolute Gasteiger partial charge is 0.482 e. The zero-order chi connectivity index (χ0) is 24.7. The van der Waals surface area contributed by atoms with E-state index in [-0.39, 0.29) is 33.2 Å². The van der Waals surface area contributed by atoms with Gasteiger partial charge in [0, 0.05) is 33.0 Å². The number of pyridine rings is 2. The van der Waals surface area contributed by atoms with Crippen molar-refractivity contribution in [2.75, 3.05) is 19.8 Å². The molecule has 0 spiro atoms. The molecule has 0 aliphatic carbocycles. The van der Waals surface area contributed by atoms with Crippen LogP contribution in [0.5, 0.6) is 5.75 Å². The van der Waals surface area contributed by atoms with Crippen LogP contribution in [0.1, 0.15) is 12.6 Å². The average molecular weight is 491 g/mol. The van der Waals surface area contributed by atoms with Gasteiger partial charge in [0.1, 0.15) is 17.1 Å². The number of likely N-dealkylation sites (N-methyl/N-ethyl adjacent to an activating group) is 1. The second-order valence-electron chi connectivity index (χ2n) is 7.02. The number of alkyl halides is 5. The molecule has 8 nitrogen and oxygen atoms in total. The molecule has 0 aromatic carbocycles. The third kappa shape index (κ3) is 4.79. The van der Waals surface area contributed by atoms with E-state index in [1.54, 1.807) is 6.92 Å². The number of fused-ring (bicyclic) bond motifs is 1. The highest BCUT2D eigenvalue weighted by molar-refractivity contribution is 7.85. The summed E-state index contributed by atoms with van der Waals surface area (Å²) in [5.74, 6) is -2.00. The van der Waals surface area contributed by atoms with Gasteiger partial charge < -0.3 is 14.2 Å². The molecule has 0 bridgehead atoms. The maximum Gasteiger partial charge on any atom is 0.482 e. The van der Waals surface area contributed by atoms with Crippen molar-refractivity contribution in [2.24, 2.45) is 7.05 Å². The Hall–Kier alpha value is -3.16. The molecule has 3 heterocycles. The summed E-state index contributed by atoms with van der Waals surface area (Å²) in [7, 11) is 2.01. The van der Waals surface area contributed by atoms with Crippen LogP contribution in [0.4, 0.5) is 22.0 Å². The molecule has 0 saturated heterocycles. The topological polar surface area (TPSA) is 90.2 Å². The molecule has 1 unspecified atom stereocenters. The van der Waals surface area contributed by atoms with Gasteiger partial charge in [0.05, 0.1) is 39.1 Å². The first-order chi connectivity index (χ1) is 15.3. The first kappa shape index (κ1) is 24.5. The van der Waals surface area contributed by atoms with Crippen molar-refractivity contribution in [2.45, 2.75) is 24.1 Å². The monoisotopic (exact) mass is 491 g/mol. The van der Waals surface area contributed by atoms with Crippen molar-refractivity contribution < 1.29 is 35.7 Å². The second-order valence-corrected chi connectivity index (χ2v) is 8.73. The van der Waals surface area contributed by atoms with Crippen LogP contribution in [0, 0.1) is 0 Å². The van der Waals surface area contributed by atoms with Gasteiger partial charge in [-0.25, -0.2) is 15.0 Å². The highest BCUT2D eigenvalue weighted by atomic mass is 32.2. The lowest BCUT2D eigenvalue weighted by atomic mass is 10.3. The SMILES string of the molecule is CCS(=O)c1cc(OC(F)(F)C(=O)N(C)C)cnc1-c1nc2cc(C(F)(F)F)ncc2n1C. The third-order valence-electron chi connectivity index (χ3n) is 4.51. The third-order valence-corrected chi connectivity index (χ3v) is 5.83. The number of aryl methyl sites for hydroxylation is 1. The number of rotatable bonds is 6. The molecule has 0 fully saturated rings. The average Bonchev–Trinajstić information content (AvgIpc) is 3.07. The molecule has 3 aromatic heterocycles. The molecule has 0 aliphatic rings. The quantitative estimate of drug-likeness (QED) is 0.492. The Labute approximate surface area is 186 Å². The zero-order valence-electron chi connectivity index (χ0n) is 17.8. The molecule has 1 atom stereocenters. The van der Waals surface area contributed by atoms with Gasteiger partial charge >= 0.3 is 18.2 Å². The Morgan fingerprint density at radius 3 is 2.39 bits per heavy atom. The van der Waals surface area contributed by atoms with Crippen LogP contribution in [-0.2, 0) is 28.8 Å². The summed E-state index contributed by atoms with van der Waals surface area (Å²) in [6.07, 6.45) is -6.99. The van der Waals surface area contributed by atoms with Crippen molar-refractivity contribution in [1.82, 2.24) is 24.4 Å². The Kier molecular flexibility index (Phi) is 6.42. The van der Waals surface area contributed by atoms with Crippen LogP contribution < -0.4 is 4.74 Å². The number of hydrogen-bond donors (Lipinski definition) is 0. The van der Waals surface area contributed by atoms with Crippen LogP contribution in [0.2, 0.25) is 0 Å². The summed E-state index contributed by atoms with van der Waals surface area (Å²) in [5, 5.41) is 0. The molecule has 0 N–H and O–H groups in total. The van der Waals surface area contributed by atoms with E-state index in [9.17, 15) is 31.0 Å². The fourth-order valence-electron chi connectivity index (χ4n) is 2.89. The second kappa shape index (κ2) is 8.65. The minimum Gasteiger partial charge on any atom is -0.424 e. The van der Waals surface area contributed by atoms with E-state index in [4.69, 9.17) is 0 Å². The minimum atomic E-state index is -4.67. The van der Waals surface area contributed by atoms with Gasteiger partial charge in [-0.05, 0) is 6.07 Å². The standard InChI is InChI=1S/C19H18F5N5O3S/c1-5-33(31)13-6-10(32-19(23,24)17(30)28(2)3)8-26-15(13)16-27-11-7-14(18(20,21)22)25-9-12(11)29(16)4/h6-9H,5H2,1-4H3. The Morgan fingerprint density at radius 2 is 1.82 bits per heavy atom. The summed E-state index contributed by atoms with van der Waals surface area (Å²) in [6.45, 7) is 1.58. The van der Waals surface area contributed by atoms with Gasteiger partial charge in [0.2, 0.25) is 0 Å². The highest BCUT2D eigenvalue weighted by Gasteiger charge is 2.44. The summed E-state index contributed by atoms with van der Waals surface area (Å²) in [5.41, 5.74) is -0.927. The van der Waals surface area contributed by atoms with Gasteiger partial charge in [-0.2, -0.15) is 22.0 Å². The molecule has 0 radical (unpaired) electrons. The van der Waals surface area contributed by atoms with Crippen molar-refractivity contribution >= 4 is 27.7 Å². The number of nitrogens with zero attached hydrogens (tertiary/aromatic N) is 5. The van der Waals surface area contributed by atoms with E-state index in [0.717, 1.165) is 38.6 Å². The molecule has 3 rings (SSSR count). The van der Waals surface area contributed by atoms with Crippen molar-refractivity contribution in [3.63, 3.8) is 0 Å². The first-order valence-electron chi connectivity index (χ1n) is 9.33. The van der Waals surface area contributed by atoms with Gasteiger partial charge in [0.15, 0.2) is 5.82 Å². The van der Waals surface area contributed by atoms with E-state index in [2.05, 4.69) is 19.7 Å². The smallest absolute Gasteiger partial charge is 0.424 e. The van der Waals surface area contributed by atoms with Crippen LogP contribution >= 0.6 is 0 Å². The molecule has 3 aromatic rings. The predicted molar refractivity (Wildman–Crippen MR) is 108 cm³/mol. The van der Waals surface area contributed by atoms with Gasteiger partial charge in [-0.1, -0.05) is 6.92 Å². The first-order valence-corrected chi connectivity index (χ1v) is 10.6. The van der Waals surface area contributed by atoms with Crippen LogP contribution in [-0.4, -0.2) is 60.5 Å². The maximum atomic E-state index is 14.1. The van der Waals surface area contributed by atoms with Crippen molar-refractivity contribution in [3.8, 4) is 17.3 Å². The fourth-order valence-corrected chi connectivity index (χ4v) is 3.81. The van der Waals surface area contributed by atoms with Crippen LogP contribution in [0.3, 0.4) is 0 Å². The van der Waals surface area contributed by atoms with Crippen LogP contribution in [0.15, 0.2) is 29.4 Å². The predicted octanol–water partition coefficient (Wildman–Crippen LogP) is 3.24. The zero-order valence-corrected chi connectivity index (χ0v) is 18.6. The number of aromatic nitrogens is 4. The Balaban J connectivity index is 2.11. The lowest BCUT2D eigenvalue weighted by molar-refractivity contribution is -0.201. The Morgan fingerprint density at radius 1 is 1.15 bits per heavy atom. The molecular formula is C19H18F5N5O3S. The molecular weight excluding hydrogens is 473 g/mol. The van der Waals surface area contributed by atoms with E-state index < -0.39 is 40.4 Å². The Bertz CT molecular complexity index is 1240. The summed E-state index contributed by atoms with van der Waals surface area (Å²) < 4.78 is 85.7. The summed E-state index contributed by atoms with van der Waals surface area (Å²) >= 11 is 0. The number of imidazole rings is 1. The minimum absolute atomic E-state index is 0.00274. The lowest BCUT2D eigenvalue weighted by Gasteiger charge is -2.20. The molecule has 33 heavy (non-hydrogen) atoms. The van der Waals surface area contributed by atoms with Crippen molar-refractivity contribution in [1.29, 1.82) is 0 Å². The summed E-state index contributed by atoms with van der Waals surface area (Å²) in [4.78, 5) is 23.9. The molecule has 14 heteroatoms. The summed E-state index contributed by atoms with van der Waals surface area (Å²) in [6, 6.07) is 1.80. The van der Waals surface area contributed by atoms with E-state index in [1.807, 2.05) is 0 Å². The number of hydrogen-bond acceptors (Lipinski definition) is 6. The van der Waals surface area contributed by atoms with Gasteiger partial charge in [-0.3, -0.25) is 9.00 Å². The van der Waals surface area contributed by atoms with E-state index >= 15 is 0 Å². The normalized spacial score (nSPS) is 13.2. The lowest BCUT2D eigenvalue weighted by Crippen LogP contribution is -2.43. The van der Waals surface area contributed by atoms with Gasteiger partial charge in [-0.15, -0.1) is 0 Å². The van der Waals surface area contributed by atoms with E-state index in [1.165, 1.54) is 11.6 Å². The number of ether oxygens (including phenoxy) is 1. The van der Waals surface area contributed by atoms with Crippen LogP contribution in [0.25, 0.3) is 22.6 Å². The molecule has 0 aliphatic heterocycles. The highest BCUT2D eigenvalue weighted by Crippen LogP contribution is 2.33. The number of carbonyl (C=O) groups is 1. The fraction of sp³-hybridized carbons (Fsp3) is 0.368. The number of amides is 1. The number of halogens is 5. The number of carbonyl (C=O) groups excluding carboxylic acids is 1. The van der Waals surface area contributed by atoms with Crippen molar-refractivity contribution in [3.05, 3.63) is 30.2 Å². The maximum absolute atomic E-state index is 14.1. The molecule has 178 valence electrons. The molecule has 1 amide bonds. The van der Waals surface area contributed by atoms with E-state index in [0.29, 0.717) is 4.90 Å².